The van der Waals surface area contributed by atoms with Gasteiger partial charge in [0.2, 0.25) is 0 Å². The molecule has 2 aromatic rings. The molecule has 186 valence electrons. The van der Waals surface area contributed by atoms with Gasteiger partial charge in [-0.1, -0.05) is 82.2 Å². The van der Waals surface area contributed by atoms with Gasteiger partial charge in [0, 0.05) is 17.8 Å². The predicted octanol–water partition coefficient (Wildman–Crippen LogP) is 7.08. The van der Waals surface area contributed by atoms with Gasteiger partial charge in [0.15, 0.2) is 0 Å². The lowest BCUT2D eigenvalue weighted by Gasteiger charge is -2.08. The quantitative estimate of drug-likeness (QED) is 0.186. The predicted molar refractivity (Wildman–Crippen MR) is 142 cm³/mol. The molecular formula is C28H40N2O3S. The first-order chi connectivity index (χ1) is 16.5. The van der Waals surface area contributed by atoms with Crippen LogP contribution in [-0.4, -0.2) is 20.9 Å². The number of amides is 1. The molecule has 34 heavy (non-hydrogen) atoms. The summed E-state index contributed by atoms with van der Waals surface area (Å²) >= 11 is 0. The van der Waals surface area contributed by atoms with Crippen molar-refractivity contribution in [2.45, 2.75) is 82.4 Å². The van der Waals surface area contributed by atoms with Crippen molar-refractivity contribution in [1.29, 1.82) is 0 Å². The second-order valence-electron chi connectivity index (χ2n) is 8.63. The highest BCUT2D eigenvalue weighted by Crippen LogP contribution is 2.13. The van der Waals surface area contributed by atoms with Crippen molar-refractivity contribution in [3.63, 3.8) is 0 Å². The standard InChI is InChI=1S/C28H40N2O3S/c1-2-3-4-5-6-7-8-9-10-11-12-13-17-24-29-26-22-20-25(21-23-26)28(31)30-34(32,33)27-18-15-14-16-19-27/h11-12,14-16,18-23,29H,2-10,13,17,24H2,1H3,(H,30,31). The molecule has 5 nitrogen and oxygen atoms in total. The summed E-state index contributed by atoms with van der Waals surface area (Å²) in [4.78, 5) is 12.4. The third kappa shape index (κ3) is 11.0. The molecule has 0 saturated heterocycles. The summed E-state index contributed by atoms with van der Waals surface area (Å²) in [7, 11) is -3.88. The van der Waals surface area contributed by atoms with E-state index in [1.54, 1.807) is 42.5 Å². The van der Waals surface area contributed by atoms with Crippen molar-refractivity contribution in [3.8, 4) is 0 Å². The highest BCUT2D eigenvalue weighted by atomic mass is 32.2. The van der Waals surface area contributed by atoms with E-state index in [2.05, 4.69) is 29.1 Å². The van der Waals surface area contributed by atoms with Crippen LogP contribution in [0.5, 0.6) is 0 Å². The molecule has 6 heteroatoms. The highest BCUT2D eigenvalue weighted by Gasteiger charge is 2.18. The number of rotatable bonds is 17. The van der Waals surface area contributed by atoms with Crippen LogP contribution >= 0.6 is 0 Å². The largest absolute Gasteiger partial charge is 0.385 e. The van der Waals surface area contributed by atoms with E-state index in [-0.39, 0.29) is 4.90 Å². The van der Waals surface area contributed by atoms with Crippen LogP contribution in [0.2, 0.25) is 0 Å². The first-order valence-electron chi connectivity index (χ1n) is 12.6. The van der Waals surface area contributed by atoms with Crippen LogP contribution in [0.1, 0.15) is 87.9 Å². The van der Waals surface area contributed by atoms with E-state index in [9.17, 15) is 13.2 Å². The van der Waals surface area contributed by atoms with E-state index < -0.39 is 15.9 Å². The molecule has 0 fully saturated rings. The Balaban J connectivity index is 1.58. The Bertz CT molecular complexity index is 955. The van der Waals surface area contributed by atoms with Gasteiger partial charge < -0.3 is 5.32 Å². The maximum atomic E-state index is 12.3. The molecule has 0 atom stereocenters. The van der Waals surface area contributed by atoms with Crippen LogP contribution < -0.4 is 10.0 Å². The Labute approximate surface area is 206 Å². The lowest BCUT2D eigenvalue weighted by molar-refractivity contribution is 0.0981. The molecule has 0 aliphatic heterocycles. The molecule has 0 spiro atoms. The molecular weight excluding hydrogens is 444 g/mol. The molecule has 0 heterocycles. The smallest absolute Gasteiger partial charge is 0.264 e. The summed E-state index contributed by atoms with van der Waals surface area (Å²) in [6.07, 6.45) is 18.7. The van der Waals surface area contributed by atoms with E-state index in [1.165, 1.54) is 69.9 Å². The normalized spacial score (nSPS) is 11.6. The summed E-state index contributed by atoms with van der Waals surface area (Å²) in [6.45, 7) is 3.10. The van der Waals surface area contributed by atoms with Crippen LogP contribution in [-0.2, 0) is 10.0 Å². The molecule has 0 aliphatic rings. The lowest BCUT2D eigenvalue weighted by atomic mass is 10.1. The van der Waals surface area contributed by atoms with Crippen LogP contribution in [0.25, 0.3) is 0 Å². The number of benzene rings is 2. The van der Waals surface area contributed by atoms with Gasteiger partial charge in [-0.15, -0.1) is 0 Å². The third-order valence-electron chi connectivity index (χ3n) is 5.70. The Morgan fingerprint density at radius 2 is 1.35 bits per heavy atom. The first kappa shape index (κ1) is 27.6. The fraction of sp³-hybridized carbons (Fsp3) is 0.464. The van der Waals surface area contributed by atoms with Gasteiger partial charge in [0.25, 0.3) is 15.9 Å². The number of allylic oxidation sites excluding steroid dienone is 2. The summed E-state index contributed by atoms with van der Waals surface area (Å²) in [5.74, 6) is -0.642. The maximum absolute atomic E-state index is 12.3. The fourth-order valence-electron chi connectivity index (χ4n) is 3.66. The number of carbonyl (C=O) groups is 1. The van der Waals surface area contributed by atoms with Gasteiger partial charge in [-0.25, -0.2) is 13.1 Å². The summed E-state index contributed by atoms with van der Waals surface area (Å²) in [5, 5.41) is 3.34. The fourth-order valence-corrected chi connectivity index (χ4v) is 4.66. The topological polar surface area (TPSA) is 75.3 Å². The number of unbranched alkanes of at least 4 members (excludes halogenated alkanes) is 9. The van der Waals surface area contributed by atoms with Crippen LogP contribution in [0.15, 0.2) is 71.6 Å². The van der Waals surface area contributed by atoms with Crippen molar-refractivity contribution in [2.24, 2.45) is 0 Å². The zero-order valence-corrected chi connectivity index (χ0v) is 21.3. The molecule has 0 bridgehead atoms. The minimum atomic E-state index is -3.88. The SMILES string of the molecule is CCCCCCCCCCC=CCCCNc1ccc(C(=O)NS(=O)(=O)c2ccccc2)cc1. The van der Waals surface area contributed by atoms with Crippen LogP contribution in [0.3, 0.4) is 0 Å². The average Bonchev–Trinajstić information content (AvgIpc) is 2.85. The van der Waals surface area contributed by atoms with Crippen LogP contribution in [0.4, 0.5) is 5.69 Å². The number of hydrogen-bond donors (Lipinski definition) is 2. The van der Waals surface area contributed by atoms with Crippen molar-refractivity contribution < 1.29 is 13.2 Å². The number of hydrogen-bond acceptors (Lipinski definition) is 4. The lowest BCUT2D eigenvalue weighted by Crippen LogP contribution is -2.30. The summed E-state index contributed by atoms with van der Waals surface area (Å²) in [5.41, 5.74) is 1.21. The van der Waals surface area contributed by atoms with E-state index >= 15 is 0 Å². The average molecular weight is 485 g/mol. The highest BCUT2D eigenvalue weighted by molar-refractivity contribution is 7.90. The monoisotopic (exact) mass is 484 g/mol. The van der Waals surface area contributed by atoms with Gasteiger partial charge in [-0.2, -0.15) is 0 Å². The Kier molecular flexibility index (Phi) is 13.1. The molecule has 2 N–H and O–H groups in total. The van der Waals surface area contributed by atoms with Crippen molar-refractivity contribution >= 4 is 21.6 Å². The Hall–Kier alpha value is -2.60. The molecule has 2 aromatic carbocycles. The van der Waals surface area contributed by atoms with Crippen LogP contribution in [0, 0.1) is 0 Å². The summed E-state index contributed by atoms with van der Waals surface area (Å²) in [6, 6.07) is 14.7. The Morgan fingerprint density at radius 3 is 2.00 bits per heavy atom. The summed E-state index contributed by atoms with van der Waals surface area (Å²) < 4.78 is 26.7. The molecule has 1 amide bonds. The number of carbonyl (C=O) groups excluding carboxylic acids is 1. The third-order valence-corrected chi connectivity index (χ3v) is 7.04. The molecule has 0 radical (unpaired) electrons. The zero-order valence-electron chi connectivity index (χ0n) is 20.5. The number of sulfonamides is 1. The van der Waals surface area contributed by atoms with E-state index in [1.807, 2.05) is 0 Å². The zero-order chi connectivity index (χ0) is 24.5. The van der Waals surface area contributed by atoms with E-state index in [0.717, 1.165) is 25.1 Å². The van der Waals surface area contributed by atoms with Crippen molar-refractivity contribution in [2.75, 3.05) is 11.9 Å². The van der Waals surface area contributed by atoms with Gasteiger partial charge in [-0.05, 0) is 62.1 Å². The molecule has 0 aliphatic carbocycles. The number of anilines is 1. The minimum Gasteiger partial charge on any atom is -0.385 e. The van der Waals surface area contributed by atoms with Gasteiger partial charge in [0.05, 0.1) is 4.90 Å². The van der Waals surface area contributed by atoms with Crippen molar-refractivity contribution in [3.05, 3.63) is 72.3 Å². The molecule has 2 rings (SSSR count). The molecule has 0 aromatic heterocycles. The minimum absolute atomic E-state index is 0.0634. The second kappa shape index (κ2) is 16.1. The van der Waals surface area contributed by atoms with Gasteiger partial charge in [0.1, 0.15) is 0 Å². The van der Waals surface area contributed by atoms with E-state index in [0.29, 0.717) is 5.56 Å². The van der Waals surface area contributed by atoms with Gasteiger partial charge >= 0.3 is 0 Å². The number of nitrogens with one attached hydrogen (secondary N) is 2. The molecule has 0 saturated carbocycles. The maximum Gasteiger partial charge on any atom is 0.264 e. The first-order valence-corrected chi connectivity index (χ1v) is 14.1. The second-order valence-corrected chi connectivity index (χ2v) is 10.3. The van der Waals surface area contributed by atoms with Gasteiger partial charge in [-0.3, -0.25) is 4.79 Å². The van der Waals surface area contributed by atoms with Crippen molar-refractivity contribution in [1.82, 2.24) is 4.72 Å². The Morgan fingerprint density at radius 1 is 0.765 bits per heavy atom. The molecule has 0 unspecified atom stereocenters. The van der Waals surface area contributed by atoms with E-state index in [4.69, 9.17) is 0 Å².